The van der Waals surface area contributed by atoms with Gasteiger partial charge in [0.15, 0.2) is 0 Å². The second-order valence-corrected chi connectivity index (χ2v) is 7.39. The molecule has 0 aliphatic rings. The molecule has 6 nitrogen and oxygen atoms in total. The largest absolute Gasteiger partial charge is 0.498 e. The highest BCUT2D eigenvalue weighted by atomic mass is 16.5. The van der Waals surface area contributed by atoms with Gasteiger partial charge in [-0.2, -0.15) is 0 Å². The SMILES string of the molecule is C=C(CC(C)=O)OCC(CC)(CCC(=O)CC(C)=O)CCC(=O)CC(C)=O. The lowest BCUT2D eigenvalue weighted by atomic mass is 9.76. The molecule has 0 atom stereocenters. The van der Waals surface area contributed by atoms with Gasteiger partial charge in [-0.05, 0) is 40.0 Å². The van der Waals surface area contributed by atoms with Crippen molar-refractivity contribution in [1.82, 2.24) is 0 Å². The van der Waals surface area contributed by atoms with Crippen LogP contribution >= 0.6 is 0 Å². The van der Waals surface area contributed by atoms with Crippen LogP contribution in [0.15, 0.2) is 12.3 Å². The fraction of sp³-hybridized carbons (Fsp3) is 0.667. The molecule has 0 bridgehead atoms. The van der Waals surface area contributed by atoms with Crippen LogP contribution in [0.1, 0.15) is 79.1 Å². The molecule has 0 saturated heterocycles. The molecule has 0 N–H and O–H groups in total. The number of rotatable bonds is 16. The normalized spacial score (nSPS) is 11.0. The van der Waals surface area contributed by atoms with Crippen molar-refractivity contribution in [2.75, 3.05) is 6.61 Å². The molecule has 152 valence electrons. The average Bonchev–Trinajstić information content (AvgIpc) is 2.52. The fourth-order valence-electron chi connectivity index (χ4n) is 2.85. The molecule has 0 aliphatic heterocycles. The monoisotopic (exact) mass is 380 g/mol. The molecule has 27 heavy (non-hydrogen) atoms. The molecule has 0 amide bonds. The minimum atomic E-state index is -0.460. The summed E-state index contributed by atoms with van der Waals surface area (Å²) in [5.41, 5.74) is -0.460. The number of carbonyl (C=O) groups is 5. The van der Waals surface area contributed by atoms with Gasteiger partial charge >= 0.3 is 0 Å². The van der Waals surface area contributed by atoms with E-state index in [1.807, 2.05) is 6.92 Å². The number of ketones is 5. The van der Waals surface area contributed by atoms with Gasteiger partial charge in [-0.3, -0.25) is 24.0 Å². The van der Waals surface area contributed by atoms with E-state index in [-0.39, 0.29) is 67.6 Å². The van der Waals surface area contributed by atoms with Gasteiger partial charge in [0.25, 0.3) is 0 Å². The maximum Gasteiger partial charge on any atom is 0.140 e. The molecular formula is C21H32O6. The van der Waals surface area contributed by atoms with Crippen molar-refractivity contribution < 1.29 is 28.7 Å². The minimum Gasteiger partial charge on any atom is -0.498 e. The number of carbonyl (C=O) groups excluding carboxylic acids is 5. The highest BCUT2D eigenvalue weighted by molar-refractivity contribution is 5.98. The highest BCUT2D eigenvalue weighted by Crippen LogP contribution is 2.35. The number of ether oxygens (including phenoxy) is 1. The van der Waals surface area contributed by atoms with E-state index >= 15 is 0 Å². The van der Waals surface area contributed by atoms with Crippen molar-refractivity contribution in [3.63, 3.8) is 0 Å². The molecule has 0 rings (SSSR count). The Balaban J connectivity index is 5.04. The van der Waals surface area contributed by atoms with E-state index in [0.717, 1.165) is 0 Å². The topological polar surface area (TPSA) is 94.6 Å². The summed E-state index contributed by atoms with van der Waals surface area (Å²) < 4.78 is 5.66. The quantitative estimate of drug-likeness (QED) is 0.300. The molecular weight excluding hydrogens is 348 g/mol. The maximum absolute atomic E-state index is 11.9. The van der Waals surface area contributed by atoms with Gasteiger partial charge in [-0.25, -0.2) is 0 Å². The zero-order chi connectivity index (χ0) is 21.0. The Morgan fingerprint density at radius 1 is 0.778 bits per heavy atom. The van der Waals surface area contributed by atoms with E-state index in [9.17, 15) is 24.0 Å². The molecule has 0 spiro atoms. The predicted octanol–water partition coefficient (Wildman–Crippen LogP) is 3.55. The molecule has 0 aliphatic carbocycles. The Morgan fingerprint density at radius 2 is 1.19 bits per heavy atom. The van der Waals surface area contributed by atoms with E-state index < -0.39 is 5.41 Å². The number of hydrogen-bond donors (Lipinski definition) is 0. The van der Waals surface area contributed by atoms with Crippen LogP contribution in [0.5, 0.6) is 0 Å². The van der Waals surface area contributed by atoms with Gasteiger partial charge in [-0.15, -0.1) is 0 Å². The van der Waals surface area contributed by atoms with Crippen molar-refractivity contribution >= 4 is 28.9 Å². The summed E-state index contributed by atoms with van der Waals surface area (Å²) in [6.07, 6.45) is 1.95. The summed E-state index contributed by atoms with van der Waals surface area (Å²) >= 11 is 0. The van der Waals surface area contributed by atoms with E-state index in [2.05, 4.69) is 6.58 Å². The van der Waals surface area contributed by atoms with Gasteiger partial charge in [0.05, 0.1) is 31.6 Å². The smallest absolute Gasteiger partial charge is 0.140 e. The summed E-state index contributed by atoms with van der Waals surface area (Å²) in [7, 11) is 0. The van der Waals surface area contributed by atoms with Crippen LogP contribution in [0.3, 0.4) is 0 Å². The first-order chi connectivity index (χ1) is 12.5. The van der Waals surface area contributed by atoms with Crippen molar-refractivity contribution in [3.8, 4) is 0 Å². The third kappa shape index (κ3) is 12.0. The van der Waals surface area contributed by atoms with E-state index in [1.54, 1.807) is 0 Å². The molecule has 0 radical (unpaired) electrons. The predicted molar refractivity (Wildman–Crippen MR) is 102 cm³/mol. The molecule has 0 aromatic heterocycles. The van der Waals surface area contributed by atoms with Gasteiger partial charge < -0.3 is 4.74 Å². The number of hydrogen-bond acceptors (Lipinski definition) is 6. The molecule has 0 fully saturated rings. The highest BCUT2D eigenvalue weighted by Gasteiger charge is 2.31. The number of Topliss-reactive ketones (excluding diaryl/α,β-unsaturated/α-hetero) is 5. The average molecular weight is 380 g/mol. The van der Waals surface area contributed by atoms with Crippen molar-refractivity contribution in [2.45, 2.75) is 79.1 Å². The molecule has 0 aromatic carbocycles. The van der Waals surface area contributed by atoms with Crippen molar-refractivity contribution in [3.05, 3.63) is 12.3 Å². The lowest BCUT2D eigenvalue weighted by Gasteiger charge is -2.33. The van der Waals surface area contributed by atoms with E-state index in [1.165, 1.54) is 20.8 Å². The van der Waals surface area contributed by atoms with Crippen molar-refractivity contribution in [2.24, 2.45) is 5.41 Å². The van der Waals surface area contributed by atoms with E-state index in [0.29, 0.717) is 25.0 Å². The molecule has 6 heteroatoms. The standard InChI is InChI=1S/C21H32O6/c1-6-21(9-7-19(25)12-16(3)23,10-8-20(26)13-17(4)24)14-27-18(5)11-15(2)22/h5-14H2,1-4H3. The third-order valence-electron chi connectivity index (χ3n) is 4.54. The number of allylic oxidation sites excluding steroid dienone is 1. The summed E-state index contributed by atoms with van der Waals surface area (Å²) in [4.78, 5) is 57.3. The van der Waals surface area contributed by atoms with Crippen LogP contribution in [-0.2, 0) is 28.7 Å². The zero-order valence-corrected chi connectivity index (χ0v) is 17.0. The second kappa shape index (κ2) is 12.3. The van der Waals surface area contributed by atoms with Gasteiger partial charge in [-0.1, -0.05) is 13.5 Å². The van der Waals surface area contributed by atoms with Crippen LogP contribution in [0, 0.1) is 5.41 Å². The minimum absolute atomic E-state index is 0.0598. The molecule has 0 aromatic rings. The Kier molecular flexibility index (Phi) is 11.3. The van der Waals surface area contributed by atoms with Gasteiger partial charge in [0.1, 0.15) is 28.9 Å². The molecule has 0 saturated carbocycles. The maximum atomic E-state index is 11.9. The van der Waals surface area contributed by atoms with Crippen LogP contribution in [0.25, 0.3) is 0 Å². The molecule has 0 heterocycles. The van der Waals surface area contributed by atoms with Crippen LogP contribution in [0.2, 0.25) is 0 Å². The van der Waals surface area contributed by atoms with Crippen LogP contribution in [0.4, 0.5) is 0 Å². The first-order valence-corrected chi connectivity index (χ1v) is 9.32. The van der Waals surface area contributed by atoms with Crippen molar-refractivity contribution in [1.29, 1.82) is 0 Å². The van der Waals surface area contributed by atoms with E-state index in [4.69, 9.17) is 4.74 Å². The third-order valence-corrected chi connectivity index (χ3v) is 4.54. The Hall–Kier alpha value is -2.11. The van der Waals surface area contributed by atoms with Gasteiger partial charge in [0, 0.05) is 18.3 Å². The van der Waals surface area contributed by atoms with Crippen LogP contribution < -0.4 is 0 Å². The Bertz CT molecular complexity index is 509. The first kappa shape index (κ1) is 24.9. The Morgan fingerprint density at radius 3 is 1.52 bits per heavy atom. The van der Waals surface area contributed by atoms with Crippen LogP contribution in [-0.4, -0.2) is 35.5 Å². The fourth-order valence-corrected chi connectivity index (χ4v) is 2.85. The summed E-state index contributed by atoms with van der Waals surface area (Å²) in [6, 6.07) is 0. The lowest BCUT2D eigenvalue weighted by molar-refractivity contribution is -0.127. The lowest BCUT2D eigenvalue weighted by Crippen LogP contribution is -2.29. The Labute approximate surface area is 161 Å². The first-order valence-electron chi connectivity index (χ1n) is 9.32. The summed E-state index contributed by atoms with van der Waals surface area (Å²) in [5, 5.41) is 0. The summed E-state index contributed by atoms with van der Waals surface area (Å²) in [5.74, 6) is -0.341. The summed E-state index contributed by atoms with van der Waals surface area (Å²) in [6.45, 7) is 10.1. The van der Waals surface area contributed by atoms with Gasteiger partial charge in [0.2, 0.25) is 0 Å². The second-order valence-electron chi connectivity index (χ2n) is 7.39. The zero-order valence-electron chi connectivity index (χ0n) is 17.0. The molecule has 0 unspecified atom stereocenters.